The van der Waals surface area contributed by atoms with Crippen molar-refractivity contribution in [2.24, 2.45) is 0 Å². The van der Waals surface area contributed by atoms with Gasteiger partial charge in [-0.05, 0) is 41.4 Å². The molecule has 7 nitrogen and oxygen atoms in total. The fourth-order valence-corrected chi connectivity index (χ4v) is 4.19. The quantitative estimate of drug-likeness (QED) is 0.490. The van der Waals surface area contributed by atoms with Gasteiger partial charge in [0.15, 0.2) is 9.84 Å². The third-order valence-electron chi connectivity index (χ3n) is 3.32. The Morgan fingerprint density at radius 1 is 1.16 bits per heavy atom. The first-order chi connectivity index (χ1) is 12.0. The van der Waals surface area contributed by atoms with Gasteiger partial charge >= 0.3 is 0 Å². The van der Waals surface area contributed by atoms with E-state index in [9.17, 15) is 8.42 Å². The Bertz CT molecular complexity index is 1150. The molecule has 0 aliphatic carbocycles. The first-order valence-corrected chi connectivity index (χ1v) is 10.6. The molecular weight excluding hydrogens is 380 g/mol. The lowest BCUT2D eigenvalue weighted by Crippen LogP contribution is -1.97. The van der Waals surface area contributed by atoms with E-state index in [0.717, 1.165) is 11.1 Å². The van der Waals surface area contributed by atoms with Gasteiger partial charge in [-0.3, -0.25) is 0 Å². The molecule has 0 aliphatic heterocycles. The van der Waals surface area contributed by atoms with Gasteiger partial charge in [0, 0.05) is 11.6 Å². The average molecular weight is 390 g/mol. The van der Waals surface area contributed by atoms with E-state index in [-0.39, 0.29) is 4.90 Å². The molecule has 0 unspecified atom stereocenters. The number of nitrogens with zero attached hydrogens (tertiary/aromatic N) is 4. The Morgan fingerprint density at radius 3 is 2.80 bits per heavy atom. The number of thiophene rings is 1. The lowest BCUT2D eigenvalue weighted by molar-refractivity contribution is 0.466. The average Bonchev–Trinajstić information content (AvgIpc) is 3.25. The Kier molecular flexibility index (Phi) is 4.02. The first kappa shape index (κ1) is 16.2. The van der Waals surface area contributed by atoms with Crippen molar-refractivity contribution in [1.82, 2.24) is 20.2 Å². The number of sulfone groups is 1. The summed E-state index contributed by atoms with van der Waals surface area (Å²) >= 11 is 2.68. The standard InChI is InChI=1S/C15H10N4O3S3/c1-25(20,21)9-4-5-11-10(7-9)14(17-8-16-11)24-15-19-18-13(22-15)12-3-2-6-23-12/h2-8H,1H3. The minimum absolute atomic E-state index is 0.210. The molecule has 0 fully saturated rings. The van der Waals surface area contributed by atoms with E-state index in [2.05, 4.69) is 20.2 Å². The van der Waals surface area contributed by atoms with Crippen LogP contribution in [0.2, 0.25) is 0 Å². The van der Waals surface area contributed by atoms with E-state index < -0.39 is 9.84 Å². The monoisotopic (exact) mass is 390 g/mol. The molecule has 3 heterocycles. The van der Waals surface area contributed by atoms with E-state index in [1.807, 2.05) is 17.5 Å². The van der Waals surface area contributed by atoms with Crippen LogP contribution in [0, 0.1) is 0 Å². The molecule has 0 saturated heterocycles. The molecule has 4 aromatic rings. The van der Waals surface area contributed by atoms with Gasteiger partial charge in [0.1, 0.15) is 11.4 Å². The Morgan fingerprint density at radius 2 is 2.04 bits per heavy atom. The summed E-state index contributed by atoms with van der Waals surface area (Å²) in [6.07, 6.45) is 2.58. The number of rotatable bonds is 4. The number of hydrogen-bond acceptors (Lipinski definition) is 9. The normalized spacial score (nSPS) is 11.9. The zero-order valence-corrected chi connectivity index (χ0v) is 15.2. The number of aromatic nitrogens is 4. The van der Waals surface area contributed by atoms with Gasteiger partial charge in [0.2, 0.25) is 0 Å². The van der Waals surface area contributed by atoms with Crippen molar-refractivity contribution in [2.45, 2.75) is 15.1 Å². The predicted molar refractivity (Wildman–Crippen MR) is 94.4 cm³/mol. The van der Waals surface area contributed by atoms with Crippen molar-refractivity contribution < 1.29 is 12.8 Å². The summed E-state index contributed by atoms with van der Waals surface area (Å²) in [7, 11) is -3.32. The Labute approximate surface area is 151 Å². The highest BCUT2D eigenvalue weighted by Gasteiger charge is 2.15. The van der Waals surface area contributed by atoms with Crippen LogP contribution < -0.4 is 0 Å². The maximum Gasteiger partial charge on any atom is 0.283 e. The molecule has 0 radical (unpaired) electrons. The van der Waals surface area contributed by atoms with Gasteiger partial charge in [-0.1, -0.05) is 6.07 Å². The molecule has 126 valence electrons. The van der Waals surface area contributed by atoms with Crippen LogP contribution in [-0.4, -0.2) is 34.8 Å². The largest absolute Gasteiger partial charge is 0.410 e. The van der Waals surface area contributed by atoms with E-state index in [1.165, 1.54) is 35.5 Å². The van der Waals surface area contributed by atoms with Crippen LogP contribution in [0.25, 0.3) is 21.7 Å². The van der Waals surface area contributed by atoms with Gasteiger partial charge in [0.25, 0.3) is 11.1 Å². The fraction of sp³-hybridized carbons (Fsp3) is 0.0667. The molecule has 0 saturated carbocycles. The van der Waals surface area contributed by atoms with Crippen LogP contribution in [0.15, 0.2) is 61.6 Å². The van der Waals surface area contributed by atoms with Crippen LogP contribution in [0.5, 0.6) is 0 Å². The molecule has 0 amide bonds. The second kappa shape index (κ2) is 6.21. The van der Waals surface area contributed by atoms with E-state index >= 15 is 0 Å². The molecule has 0 aliphatic rings. The molecule has 0 spiro atoms. The lowest BCUT2D eigenvalue weighted by atomic mass is 10.2. The van der Waals surface area contributed by atoms with Gasteiger partial charge in [-0.25, -0.2) is 18.4 Å². The van der Waals surface area contributed by atoms with Crippen molar-refractivity contribution in [1.29, 1.82) is 0 Å². The van der Waals surface area contributed by atoms with Gasteiger partial charge in [-0.2, -0.15) is 0 Å². The van der Waals surface area contributed by atoms with Crippen molar-refractivity contribution >= 4 is 43.8 Å². The van der Waals surface area contributed by atoms with Crippen LogP contribution >= 0.6 is 23.1 Å². The predicted octanol–water partition coefficient (Wildman–Crippen LogP) is 3.30. The van der Waals surface area contributed by atoms with Crippen LogP contribution in [0.1, 0.15) is 0 Å². The minimum Gasteiger partial charge on any atom is -0.410 e. The highest BCUT2D eigenvalue weighted by molar-refractivity contribution is 7.99. The minimum atomic E-state index is -3.32. The third kappa shape index (κ3) is 3.28. The summed E-state index contributed by atoms with van der Waals surface area (Å²) in [4.78, 5) is 9.49. The molecule has 0 N–H and O–H groups in total. The van der Waals surface area contributed by atoms with Gasteiger partial charge < -0.3 is 4.42 Å². The molecule has 25 heavy (non-hydrogen) atoms. The smallest absolute Gasteiger partial charge is 0.283 e. The molecule has 10 heteroatoms. The highest BCUT2D eigenvalue weighted by Crippen LogP contribution is 2.33. The van der Waals surface area contributed by atoms with Crippen molar-refractivity contribution in [3.63, 3.8) is 0 Å². The SMILES string of the molecule is CS(=O)(=O)c1ccc2ncnc(Sc3nnc(-c4cccs4)o3)c2c1. The van der Waals surface area contributed by atoms with Crippen molar-refractivity contribution in [2.75, 3.05) is 6.26 Å². The van der Waals surface area contributed by atoms with Crippen molar-refractivity contribution in [3.05, 3.63) is 42.0 Å². The number of hydrogen-bond donors (Lipinski definition) is 0. The molecule has 3 aromatic heterocycles. The van der Waals surface area contributed by atoms with Crippen LogP contribution in [0.3, 0.4) is 0 Å². The fourth-order valence-electron chi connectivity index (χ4n) is 2.16. The maximum absolute atomic E-state index is 11.8. The topological polar surface area (TPSA) is 98.8 Å². The number of benzene rings is 1. The molecular formula is C15H10N4O3S3. The van der Waals surface area contributed by atoms with Crippen molar-refractivity contribution in [3.8, 4) is 10.8 Å². The van der Waals surface area contributed by atoms with Gasteiger partial charge in [0.05, 0.1) is 15.3 Å². The summed E-state index contributed by atoms with van der Waals surface area (Å²) in [5.74, 6) is 0.438. The Balaban J connectivity index is 1.74. The van der Waals surface area contributed by atoms with Gasteiger partial charge in [-0.15, -0.1) is 21.5 Å². The second-order valence-corrected chi connectivity index (χ2v) is 8.99. The second-order valence-electron chi connectivity index (χ2n) is 5.08. The Hall–Kier alpha value is -2.30. The third-order valence-corrected chi connectivity index (χ3v) is 6.15. The molecule has 1 aromatic carbocycles. The van der Waals surface area contributed by atoms with E-state index in [0.29, 0.717) is 27.0 Å². The number of fused-ring (bicyclic) bond motifs is 1. The molecule has 0 bridgehead atoms. The molecule has 4 rings (SSSR count). The summed E-state index contributed by atoms with van der Waals surface area (Å²) in [5, 5.41) is 11.5. The zero-order valence-electron chi connectivity index (χ0n) is 12.8. The van der Waals surface area contributed by atoms with E-state index in [4.69, 9.17) is 4.42 Å². The lowest BCUT2D eigenvalue weighted by Gasteiger charge is -2.04. The zero-order chi connectivity index (χ0) is 17.4. The highest BCUT2D eigenvalue weighted by atomic mass is 32.2. The summed E-state index contributed by atoms with van der Waals surface area (Å²) < 4.78 is 29.2. The maximum atomic E-state index is 11.8. The summed E-state index contributed by atoms with van der Waals surface area (Å²) in [5.41, 5.74) is 0.642. The molecule has 0 atom stereocenters. The first-order valence-electron chi connectivity index (χ1n) is 7.01. The van der Waals surface area contributed by atoms with E-state index in [1.54, 1.807) is 12.1 Å². The van der Waals surface area contributed by atoms with Crippen LogP contribution in [-0.2, 0) is 9.84 Å². The van der Waals surface area contributed by atoms with Crippen LogP contribution in [0.4, 0.5) is 0 Å². The summed E-state index contributed by atoms with van der Waals surface area (Å²) in [6.45, 7) is 0. The summed E-state index contributed by atoms with van der Waals surface area (Å²) in [6, 6.07) is 8.54.